The van der Waals surface area contributed by atoms with Gasteiger partial charge in [-0.2, -0.15) is 5.26 Å². The summed E-state index contributed by atoms with van der Waals surface area (Å²) in [6, 6.07) is 17.8. The molecule has 3 atom stereocenters. The smallest absolute Gasteiger partial charge is 0.252 e. The largest absolute Gasteiger partial charge is 0.364 e. The summed E-state index contributed by atoms with van der Waals surface area (Å²) in [6.45, 7) is 9.84. The lowest BCUT2D eigenvalue weighted by Crippen LogP contribution is -2.57. The molecule has 1 aromatic carbocycles. The van der Waals surface area contributed by atoms with E-state index in [2.05, 4.69) is 65.0 Å². The molecule has 0 radical (unpaired) electrons. The van der Waals surface area contributed by atoms with E-state index in [0.717, 1.165) is 39.6 Å². The van der Waals surface area contributed by atoms with E-state index in [0.29, 0.717) is 23.3 Å². The molecule has 0 bridgehead atoms. The Balaban J connectivity index is 1.56. The summed E-state index contributed by atoms with van der Waals surface area (Å²) < 4.78 is 1.58. The van der Waals surface area contributed by atoms with E-state index in [9.17, 15) is 10.1 Å². The lowest BCUT2D eigenvalue weighted by Gasteiger charge is -2.48. The van der Waals surface area contributed by atoms with Crippen molar-refractivity contribution >= 4 is 28.3 Å². The number of rotatable bonds is 4. The van der Waals surface area contributed by atoms with Crippen LogP contribution in [-0.2, 0) is 7.05 Å². The summed E-state index contributed by atoms with van der Waals surface area (Å²) >= 11 is 6.58. The number of benzene rings is 1. The molecule has 0 saturated carbocycles. The van der Waals surface area contributed by atoms with Crippen LogP contribution in [0.5, 0.6) is 0 Å². The van der Waals surface area contributed by atoms with Crippen molar-refractivity contribution < 1.29 is 0 Å². The van der Waals surface area contributed by atoms with E-state index >= 15 is 0 Å². The number of aromatic nitrogens is 3. The van der Waals surface area contributed by atoms with E-state index in [1.54, 1.807) is 29.8 Å². The Morgan fingerprint density at radius 2 is 1.84 bits per heavy atom. The summed E-state index contributed by atoms with van der Waals surface area (Å²) in [5.41, 5.74) is 6.61. The molecule has 3 aromatic heterocycles. The number of aryl methyl sites for hydroxylation is 3. The molecule has 1 aliphatic rings. The molecule has 0 N–H and O–H groups in total. The zero-order chi connectivity index (χ0) is 27.1. The van der Waals surface area contributed by atoms with Gasteiger partial charge in [0.2, 0.25) is 0 Å². The van der Waals surface area contributed by atoms with Crippen LogP contribution in [0.2, 0.25) is 5.02 Å². The van der Waals surface area contributed by atoms with E-state index in [4.69, 9.17) is 16.6 Å². The lowest BCUT2D eigenvalue weighted by atomic mass is 9.95. The Labute approximate surface area is 227 Å². The number of piperazine rings is 1. The van der Waals surface area contributed by atoms with Crippen LogP contribution in [0.1, 0.15) is 48.0 Å². The maximum atomic E-state index is 12.9. The third-order valence-electron chi connectivity index (χ3n) is 7.58. The molecular formula is C30H31ClN6O. The third kappa shape index (κ3) is 4.66. The molecule has 1 fully saturated rings. The molecule has 7 nitrogen and oxygen atoms in total. The van der Waals surface area contributed by atoms with Gasteiger partial charge < -0.3 is 9.47 Å². The van der Waals surface area contributed by atoms with Crippen molar-refractivity contribution in [2.24, 2.45) is 7.05 Å². The van der Waals surface area contributed by atoms with E-state index in [1.807, 2.05) is 20.0 Å². The topological polar surface area (TPSA) is 78.0 Å². The number of nitriles is 1. The number of anilines is 1. The third-order valence-corrected chi connectivity index (χ3v) is 7.99. The van der Waals surface area contributed by atoms with Crippen LogP contribution in [0.25, 0.3) is 11.0 Å². The van der Waals surface area contributed by atoms with Crippen LogP contribution < -0.4 is 10.5 Å². The minimum atomic E-state index is -0.0997. The first-order valence-corrected chi connectivity index (χ1v) is 13.2. The molecule has 0 aliphatic carbocycles. The first-order valence-electron chi connectivity index (χ1n) is 12.8. The van der Waals surface area contributed by atoms with E-state index in [-0.39, 0.29) is 23.7 Å². The number of nitrogens with zero attached hydrogens (tertiary/aromatic N) is 6. The Bertz CT molecular complexity index is 1610. The van der Waals surface area contributed by atoms with Gasteiger partial charge in [-0.05, 0) is 68.7 Å². The van der Waals surface area contributed by atoms with E-state index < -0.39 is 0 Å². The van der Waals surface area contributed by atoms with Gasteiger partial charge in [-0.25, -0.2) is 4.98 Å². The number of pyridine rings is 3. The number of halogens is 1. The maximum Gasteiger partial charge on any atom is 0.252 e. The Kier molecular flexibility index (Phi) is 6.95. The van der Waals surface area contributed by atoms with E-state index in [1.165, 1.54) is 0 Å². The van der Waals surface area contributed by atoms with Gasteiger partial charge in [-0.1, -0.05) is 29.8 Å². The van der Waals surface area contributed by atoms with Crippen LogP contribution in [-0.4, -0.2) is 44.6 Å². The first-order chi connectivity index (χ1) is 18.2. The molecule has 8 heteroatoms. The Hall–Kier alpha value is -3.73. The Morgan fingerprint density at radius 3 is 2.53 bits per heavy atom. The molecule has 4 heterocycles. The zero-order valence-corrected chi connectivity index (χ0v) is 23.1. The predicted octanol–water partition coefficient (Wildman–Crippen LogP) is 5.16. The summed E-state index contributed by atoms with van der Waals surface area (Å²) in [5, 5.41) is 10.2. The summed E-state index contributed by atoms with van der Waals surface area (Å²) in [5.74, 6) is 0. The van der Waals surface area contributed by atoms with Crippen molar-refractivity contribution in [3.8, 4) is 6.07 Å². The highest BCUT2D eigenvalue weighted by Crippen LogP contribution is 2.36. The molecule has 4 aromatic rings. The van der Waals surface area contributed by atoms with Crippen LogP contribution in [0.15, 0.2) is 59.5 Å². The molecule has 2 unspecified atom stereocenters. The molecule has 5 rings (SSSR count). The molecule has 0 amide bonds. The van der Waals surface area contributed by atoms with Crippen LogP contribution in [0.4, 0.5) is 5.69 Å². The predicted molar refractivity (Wildman–Crippen MR) is 152 cm³/mol. The molecule has 0 spiro atoms. The standard InChI is InChI=1S/C30H31ClN6O/c1-18-6-10-25(33-15-18)30(22-8-7-19(2)24(31)12-22)37-17-20(3)36(16-21(37)4)27-13-28(38)35(5)26-11-9-23(14-32)34-29(26)27/h6-13,15,20-21,30H,16-17H2,1-5H3/t20-,21?,30?/m0/s1. The van der Waals surface area contributed by atoms with Crippen LogP contribution >= 0.6 is 11.6 Å². The summed E-state index contributed by atoms with van der Waals surface area (Å²) in [6.07, 6.45) is 1.91. The SMILES string of the molecule is Cc1ccc(C(c2ccc(C)c(Cl)c2)N2C[C@H](C)N(c3cc(=O)n(C)c4ccc(C#N)nc34)CC2C)nc1. The fourth-order valence-corrected chi connectivity index (χ4v) is 5.58. The lowest BCUT2D eigenvalue weighted by molar-refractivity contribution is 0.128. The van der Waals surface area contributed by atoms with Crippen molar-refractivity contribution in [2.45, 2.75) is 45.8 Å². The van der Waals surface area contributed by atoms with Crippen molar-refractivity contribution in [1.29, 1.82) is 5.26 Å². The van der Waals surface area contributed by atoms with Gasteiger partial charge in [0, 0.05) is 49.5 Å². The molecule has 38 heavy (non-hydrogen) atoms. The van der Waals surface area contributed by atoms with Crippen molar-refractivity contribution in [1.82, 2.24) is 19.4 Å². The van der Waals surface area contributed by atoms with Gasteiger partial charge in [-0.15, -0.1) is 0 Å². The average Bonchev–Trinajstić information content (AvgIpc) is 2.91. The number of hydrogen-bond donors (Lipinski definition) is 0. The zero-order valence-electron chi connectivity index (χ0n) is 22.3. The average molecular weight is 527 g/mol. The normalized spacial score (nSPS) is 18.9. The monoisotopic (exact) mass is 526 g/mol. The first kappa shape index (κ1) is 25.9. The van der Waals surface area contributed by atoms with Gasteiger partial charge in [0.15, 0.2) is 0 Å². The fraction of sp³-hybridized carbons (Fsp3) is 0.333. The molecular weight excluding hydrogens is 496 g/mol. The highest BCUT2D eigenvalue weighted by Gasteiger charge is 2.36. The second-order valence-corrected chi connectivity index (χ2v) is 10.7. The van der Waals surface area contributed by atoms with Gasteiger partial charge in [-0.3, -0.25) is 14.7 Å². The second kappa shape index (κ2) is 10.2. The Morgan fingerprint density at radius 1 is 1.05 bits per heavy atom. The quantitative estimate of drug-likeness (QED) is 0.365. The van der Waals surface area contributed by atoms with Crippen molar-refractivity contribution in [3.63, 3.8) is 0 Å². The van der Waals surface area contributed by atoms with Crippen LogP contribution in [0, 0.1) is 25.2 Å². The molecule has 194 valence electrons. The minimum absolute atomic E-state index is 0.0721. The second-order valence-electron chi connectivity index (χ2n) is 10.3. The van der Waals surface area contributed by atoms with Gasteiger partial charge in [0.1, 0.15) is 17.3 Å². The van der Waals surface area contributed by atoms with Gasteiger partial charge in [0.05, 0.1) is 22.9 Å². The van der Waals surface area contributed by atoms with Gasteiger partial charge in [0.25, 0.3) is 5.56 Å². The summed E-state index contributed by atoms with van der Waals surface area (Å²) in [4.78, 5) is 27.0. The number of fused-ring (bicyclic) bond motifs is 1. The minimum Gasteiger partial charge on any atom is -0.364 e. The molecule has 1 saturated heterocycles. The van der Waals surface area contributed by atoms with Crippen LogP contribution in [0.3, 0.4) is 0 Å². The highest BCUT2D eigenvalue weighted by atomic mass is 35.5. The maximum absolute atomic E-state index is 12.9. The number of hydrogen-bond acceptors (Lipinski definition) is 6. The summed E-state index contributed by atoms with van der Waals surface area (Å²) in [7, 11) is 1.73. The molecule has 1 aliphatic heterocycles. The fourth-order valence-electron chi connectivity index (χ4n) is 5.39. The van der Waals surface area contributed by atoms with Gasteiger partial charge >= 0.3 is 0 Å². The highest BCUT2D eigenvalue weighted by molar-refractivity contribution is 6.31. The van der Waals surface area contributed by atoms with Crippen molar-refractivity contribution in [3.05, 3.63) is 98.2 Å². The van der Waals surface area contributed by atoms with Crippen molar-refractivity contribution in [2.75, 3.05) is 18.0 Å².